The molecule has 0 bridgehead atoms. The van der Waals surface area contributed by atoms with Crippen LogP contribution >= 0.6 is 22.7 Å². The molecule has 2 fully saturated rings. The molecule has 0 saturated carbocycles. The number of aryl methyl sites for hydroxylation is 1. The third kappa shape index (κ3) is 3.38. The maximum absolute atomic E-state index is 13.0. The predicted molar refractivity (Wildman–Crippen MR) is 104 cm³/mol. The molecule has 8 heteroatoms. The van der Waals surface area contributed by atoms with Crippen molar-refractivity contribution in [2.24, 2.45) is 11.3 Å². The number of hydrogen-bond acceptors (Lipinski definition) is 7. The fourth-order valence-electron chi connectivity index (χ4n) is 3.97. The minimum Gasteiger partial charge on any atom is -0.380 e. The second-order valence-electron chi connectivity index (χ2n) is 7.25. The van der Waals surface area contributed by atoms with Gasteiger partial charge in [0.25, 0.3) is 0 Å². The third-order valence-electron chi connectivity index (χ3n) is 5.47. The molecule has 0 aliphatic carbocycles. The quantitative estimate of drug-likeness (QED) is 0.785. The number of thiophene rings is 1. The number of thiazole rings is 1. The van der Waals surface area contributed by atoms with Crippen molar-refractivity contribution in [2.45, 2.75) is 19.9 Å². The van der Waals surface area contributed by atoms with E-state index in [4.69, 9.17) is 10.5 Å². The monoisotopic (exact) mass is 392 g/mol. The van der Waals surface area contributed by atoms with Crippen LogP contribution in [0.4, 0.5) is 5.13 Å². The number of hydrogen-bond donors (Lipinski definition) is 2. The number of anilines is 1. The summed E-state index contributed by atoms with van der Waals surface area (Å²) in [5.41, 5.74) is 7.52. The van der Waals surface area contributed by atoms with Crippen LogP contribution in [0.15, 0.2) is 16.8 Å². The molecular weight excluding hydrogens is 368 g/mol. The van der Waals surface area contributed by atoms with Crippen molar-refractivity contribution in [3.05, 3.63) is 33.0 Å². The molecular formula is C18H24N4O2S2. The molecule has 6 nitrogen and oxygen atoms in total. The summed E-state index contributed by atoms with van der Waals surface area (Å²) < 4.78 is 5.70. The number of nitrogens with two attached hydrogens (primary N) is 1. The van der Waals surface area contributed by atoms with Gasteiger partial charge in [0.1, 0.15) is 0 Å². The number of likely N-dealkylation sites (tertiary alicyclic amines) is 1. The van der Waals surface area contributed by atoms with Gasteiger partial charge in [-0.2, -0.15) is 0 Å². The number of nitrogens with zero attached hydrogens (tertiary/aromatic N) is 2. The highest BCUT2D eigenvalue weighted by molar-refractivity contribution is 7.13. The Labute approximate surface area is 161 Å². The van der Waals surface area contributed by atoms with Crippen LogP contribution in [-0.4, -0.2) is 48.6 Å². The van der Waals surface area contributed by atoms with E-state index in [1.165, 1.54) is 21.8 Å². The minimum absolute atomic E-state index is 0.119. The molecule has 0 aromatic carbocycles. The van der Waals surface area contributed by atoms with Crippen molar-refractivity contribution in [1.29, 1.82) is 0 Å². The maximum Gasteiger partial charge on any atom is 0.230 e. The number of ether oxygens (including phenoxy) is 1. The van der Waals surface area contributed by atoms with Crippen molar-refractivity contribution >= 4 is 33.7 Å². The summed E-state index contributed by atoms with van der Waals surface area (Å²) in [6, 6.07) is 2.16. The van der Waals surface area contributed by atoms with E-state index in [1.807, 2.05) is 5.38 Å². The zero-order valence-electron chi connectivity index (χ0n) is 14.9. The van der Waals surface area contributed by atoms with E-state index in [0.29, 0.717) is 31.3 Å². The molecule has 2 aliphatic heterocycles. The van der Waals surface area contributed by atoms with Crippen LogP contribution < -0.4 is 11.1 Å². The minimum atomic E-state index is -0.410. The number of fused-ring (bicyclic) bond motifs is 1. The van der Waals surface area contributed by atoms with Crippen LogP contribution in [0.1, 0.15) is 16.1 Å². The van der Waals surface area contributed by atoms with Crippen LogP contribution in [0.3, 0.4) is 0 Å². The van der Waals surface area contributed by atoms with Gasteiger partial charge in [-0.3, -0.25) is 9.69 Å². The van der Waals surface area contributed by atoms with E-state index in [0.717, 1.165) is 25.3 Å². The van der Waals surface area contributed by atoms with Gasteiger partial charge < -0.3 is 15.8 Å². The number of amides is 1. The highest BCUT2D eigenvalue weighted by atomic mass is 32.1. The lowest BCUT2D eigenvalue weighted by atomic mass is 9.80. The molecule has 0 radical (unpaired) electrons. The zero-order valence-corrected chi connectivity index (χ0v) is 16.5. The Balaban J connectivity index is 1.37. The third-order valence-corrected chi connectivity index (χ3v) is 7.20. The molecule has 2 aliphatic rings. The molecule has 0 spiro atoms. The highest BCUT2D eigenvalue weighted by Crippen LogP contribution is 2.42. The van der Waals surface area contributed by atoms with E-state index in [9.17, 15) is 4.79 Å². The first kappa shape index (κ1) is 17.9. The lowest BCUT2D eigenvalue weighted by Crippen LogP contribution is -2.47. The average Bonchev–Trinajstić information content (AvgIpc) is 3.34. The zero-order chi connectivity index (χ0) is 18.1. The summed E-state index contributed by atoms with van der Waals surface area (Å²) >= 11 is 3.23. The van der Waals surface area contributed by atoms with E-state index in [2.05, 4.69) is 33.6 Å². The fraction of sp³-hybridized carbons (Fsp3) is 0.556. The molecule has 1 amide bonds. The number of nitrogens with one attached hydrogen (secondary N) is 1. The van der Waals surface area contributed by atoms with Gasteiger partial charge in [-0.05, 0) is 23.9 Å². The molecule has 26 heavy (non-hydrogen) atoms. The van der Waals surface area contributed by atoms with Crippen molar-refractivity contribution in [3.63, 3.8) is 0 Å². The Morgan fingerprint density at radius 3 is 3.15 bits per heavy atom. The van der Waals surface area contributed by atoms with Crippen molar-refractivity contribution in [2.75, 3.05) is 38.6 Å². The van der Waals surface area contributed by atoms with Crippen LogP contribution in [0.25, 0.3) is 0 Å². The van der Waals surface area contributed by atoms with Gasteiger partial charge >= 0.3 is 0 Å². The number of carbonyl (C=O) groups excluding carboxylic acids is 1. The molecule has 140 valence electrons. The molecule has 2 atom stereocenters. The van der Waals surface area contributed by atoms with Crippen LogP contribution in [-0.2, 0) is 22.5 Å². The molecule has 4 rings (SSSR count). The van der Waals surface area contributed by atoms with Crippen molar-refractivity contribution < 1.29 is 9.53 Å². The second-order valence-corrected chi connectivity index (χ2v) is 9.14. The van der Waals surface area contributed by atoms with Gasteiger partial charge in [-0.25, -0.2) is 4.98 Å². The summed E-state index contributed by atoms with van der Waals surface area (Å²) in [5, 5.41) is 7.77. The molecule has 3 N–H and O–H groups in total. The molecule has 4 heterocycles. The number of rotatable bonds is 6. The Bertz CT molecular complexity index is 790. The number of carbonyl (C=O) groups is 1. The molecule has 2 aromatic heterocycles. The molecule has 2 aromatic rings. The normalized spacial score (nSPS) is 25.5. The van der Waals surface area contributed by atoms with E-state index in [-0.39, 0.29) is 11.8 Å². The number of aromatic nitrogens is 1. The molecule has 0 unspecified atom stereocenters. The van der Waals surface area contributed by atoms with Crippen LogP contribution in [0.2, 0.25) is 0 Å². The van der Waals surface area contributed by atoms with E-state index < -0.39 is 5.41 Å². The molecule has 2 saturated heterocycles. The predicted octanol–water partition coefficient (Wildman–Crippen LogP) is 1.90. The topological polar surface area (TPSA) is 80.5 Å². The van der Waals surface area contributed by atoms with E-state index >= 15 is 0 Å². The van der Waals surface area contributed by atoms with Gasteiger partial charge in [0.2, 0.25) is 5.91 Å². The van der Waals surface area contributed by atoms with Gasteiger partial charge in [0.05, 0.1) is 24.3 Å². The standard InChI is InChI=1S/C18H24N4O2S2/c1-12-3-5-25-15(12)7-22-6-13-8-24-11-18(13,10-22)16(23)20-4-2-14-9-26-17(19)21-14/h3,5,9,13H,2,4,6-8,10-11H2,1H3,(H2,19,21)(H,20,23)/t13-,18-/m1/s1. The van der Waals surface area contributed by atoms with Gasteiger partial charge in [-0.1, -0.05) is 0 Å². The first-order chi connectivity index (χ1) is 12.6. The Hall–Kier alpha value is -1.48. The summed E-state index contributed by atoms with van der Waals surface area (Å²) in [6.07, 6.45) is 0.707. The fourth-order valence-corrected chi connectivity index (χ4v) is 5.51. The van der Waals surface area contributed by atoms with Crippen molar-refractivity contribution in [3.8, 4) is 0 Å². The summed E-state index contributed by atoms with van der Waals surface area (Å²) in [6.45, 7) is 6.55. The van der Waals surface area contributed by atoms with Crippen LogP contribution in [0.5, 0.6) is 0 Å². The van der Waals surface area contributed by atoms with Gasteiger partial charge in [0.15, 0.2) is 5.13 Å². The Kier molecular flexibility index (Phi) is 5.00. The van der Waals surface area contributed by atoms with Gasteiger partial charge in [-0.15, -0.1) is 22.7 Å². The summed E-state index contributed by atoms with van der Waals surface area (Å²) in [7, 11) is 0. The van der Waals surface area contributed by atoms with Crippen LogP contribution in [0, 0.1) is 18.3 Å². The average molecular weight is 393 g/mol. The first-order valence-corrected chi connectivity index (χ1v) is 10.6. The summed E-state index contributed by atoms with van der Waals surface area (Å²) in [5.74, 6) is 0.395. The van der Waals surface area contributed by atoms with E-state index in [1.54, 1.807) is 11.3 Å². The smallest absolute Gasteiger partial charge is 0.230 e. The Morgan fingerprint density at radius 2 is 2.42 bits per heavy atom. The lowest BCUT2D eigenvalue weighted by molar-refractivity contribution is -0.131. The number of nitrogen functional groups attached to an aromatic ring is 1. The lowest BCUT2D eigenvalue weighted by Gasteiger charge is -2.26. The first-order valence-electron chi connectivity index (χ1n) is 8.88. The second kappa shape index (κ2) is 7.26. The SMILES string of the molecule is Cc1ccsc1CN1C[C@@H]2COC[C@]2(C(=O)NCCc2csc(N)n2)C1. The van der Waals surface area contributed by atoms with Crippen molar-refractivity contribution in [1.82, 2.24) is 15.2 Å². The Morgan fingerprint density at radius 1 is 1.54 bits per heavy atom. The van der Waals surface area contributed by atoms with Gasteiger partial charge in [0, 0.05) is 48.8 Å². The largest absolute Gasteiger partial charge is 0.380 e. The maximum atomic E-state index is 13.0. The highest BCUT2D eigenvalue weighted by Gasteiger charge is 2.55. The summed E-state index contributed by atoms with van der Waals surface area (Å²) in [4.78, 5) is 21.0.